The maximum atomic E-state index is 12.3. The van der Waals surface area contributed by atoms with Gasteiger partial charge in [0.15, 0.2) is 5.78 Å². The van der Waals surface area contributed by atoms with Gasteiger partial charge in [-0.15, -0.1) is 0 Å². The van der Waals surface area contributed by atoms with Crippen LogP contribution in [0.3, 0.4) is 0 Å². The van der Waals surface area contributed by atoms with E-state index in [4.69, 9.17) is 23.2 Å². The van der Waals surface area contributed by atoms with Gasteiger partial charge in [-0.25, -0.2) is 0 Å². The van der Waals surface area contributed by atoms with E-state index in [-0.39, 0.29) is 5.78 Å². The summed E-state index contributed by atoms with van der Waals surface area (Å²) in [6.45, 7) is 3.81. The van der Waals surface area contributed by atoms with Gasteiger partial charge in [0, 0.05) is 22.0 Å². The van der Waals surface area contributed by atoms with Crippen LogP contribution in [0, 0.1) is 13.8 Å². The lowest BCUT2D eigenvalue weighted by Gasteiger charge is -2.08. The van der Waals surface area contributed by atoms with Crippen molar-refractivity contribution in [3.63, 3.8) is 0 Å². The van der Waals surface area contributed by atoms with Crippen molar-refractivity contribution >= 4 is 29.0 Å². The number of aryl methyl sites for hydroxylation is 2. The first kappa shape index (κ1) is 14.1. The van der Waals surface area contributed by atoms with Gasteiger partial charge in [-0.05, 0) is 54.8 Å². The molecule has 0 saturated carbocycles. The first-order valence-electron chi connectivity index (χ1n) is 6.02. The van der Waals surface area contributed by atoms with Crippen LogP contribution < -0.4 is 0 Å². The minimum atomic E-state index is 0.0968. The van der Waals surface area contributed by atoms with E-state index < -0.39 is 0 Å². The first-order chi connectivity index (χ1) is 8.97. The van der Waals surface area contributed by atoms with E-state index >= 15 is 0 Å². The van der Waals surface area contributed by atoms with Gasteiger partial charge in [0.25, 0.3) is 0 Å². The number of Topliss-reactive ketones (excluding diaryl/α,β-unsaturated/α-hetero) is 1. The molecule has 0 aliphatic rings. The molecule has 0 radical (unpaired) electrons. The molecule has 98 valence electrons. The molecule has 1 nitrogen and oxygen atoms in total. The third-order valence-electron chi connectivity index (χ3n) is 3.08. The minimum absolute atomic E-state index is 0.0968. The monoisotopic (exact) mass is 292 g/mol. The van der Waals surface area contributed by atoms with E-state index in [1.807, 2.05) is 38.1 Å². The number of hydrogen-bond donors (Lipinski definition) is 0. The Balaban J connectivity index is 2.25. The third-order valence-corrected chi connectivity index (χ3v) is 3.74. The smallest absolute Gasteiger partial charge is 0.167 e. The van der Waals surface area contributed by atoms with Gasteiger partial charge in [0.05, 0.1) is 0 Å². The molecular formula is C16H14Cl2O. The molecule has 2 aromatic rings. The van der Waals surface area contributed by atoms with E-state index in [2.05, 4.69) is 0 Å². The zero-order valence-electron chi connectivity index (χ0n) is 10.8. The molecule has 19 heavy (non-hydrogen) atoms. The van der Waals surface area contributed by atoms with E-state index in [1.54, 1.807) is 12.1 Å². The molecule has 2 rings (SSSR count). The fraction of sp³-hybridized carbons (Fsp3) is 0.188. The Labute approximate surface area is 123 Å². The first-order valence-corrected chi connectivity index (χ1v) is 6.77. The number of halogens is 2. The molecule has 0 aliphatic heterocycles. The number of carbonyl (C=O) groups excluding carboxylic acids is 1. The molecule has 0 N–H and O–H groups in total. The van der Waals surface area contributed by atoms with Crippen LogP contribution in [-0.2, 0) is 6.42 Å². The number of hydrogen-bond acceptors (Lipinski definition) is 1. The minimum Gasteiger partial charge on any atom is -0.294 e. The van der Waals surface area contributed by atoms with E-state index in [0.717, 1.165) is 22.3 Å². The Kier molecular flexibility index (Phi) is 4.28. The molecule has 0 amide bonds. The second-order valence-corrected chi connectivity index (χ2v) is 5.49. The SMILES string of the molecule is Cc1cc(C(=O)Cc2ccc(Cl)cc2)c(C)cc1Cl. The molecule has 0 aromatic heterocycles. The van der Waals surface area contributed by atoms with Crippen molar-refractivity contribution in [2.75, 3.05) is 0 Å². The lowest BCUT2D eigenvalue weighted by Crippen LogP contribution is -2.06. The van der Waals surface area contributed by atoms with Gasteiger partial charge in [-0.3, -0.25) is 4.79 Å². The second kappa shape index (κ2) is 5.77. The van der Waals surface area contributed by atoms with Crippen LogP contribution in [-0.4, -0.2) is 5.78 Å². The molecule has 0 aliphatic carbocycles. The lowest BCUT2D eigenvalue weighted by atomic mass is 9.97. The summed E-state index contributed by atoms with van der Waals surface area (Å²) >= 11 is 11.9. The summed E-state index contributed by atoms with van der Waals surface area (Å²) in [5.41, 5.74) is 3.53. The topological polar surface area (TPSA) is 17.1 Å². The van der Waals surface area contributed by atoms with Gasteiger partial charge >= 0.3 is 0 Å². The highest BCUT2D eigenvalue weighted by atomic mass is 35.5. The van der Waals surface area contributed by atoms with Gasteiger partial charge < -0.3 is 0 Å². The van der Waals surface area contributed by atoms with E-state index in [1.165, 1.54) is 0 Å². The normalized spacial score (nSPS) is 10.5. The molecule has 0 atom stereocenters. The van der Waals surface area contributed by atoms with Crippen molar-refractivity contribution in [1.82, 2.24) is 0 Å². The average Bonchev–Trinajstić information content (AvgIpc) is 2.36. The van der Waals surface area contributed by atoms with Crippen molar-refractivity contribution in [2.45, 2.75) is 20.3 Å². The van der Waals surface area contributed by atoms with E-state index in [9.17, 15) is 4.79 Å². The number of ketones is 1. The number of benzene rings is 2. The van der Waals surface area contributed by atoms with E-state index in [0.29, 0.717) is 16.5 Å². The summed E-state index contributed by atoms with van der Waals surface area (Å²) in [7, 11) is 0. The fourth-order valence-corrected chi connectivity index (χ4v) is 2.31. The molecule has 2 aromatic carbocycles. The molecule has 0 bridgehead atoms. The second-order valence-electron chi connectivity index (χ2n) is 4.64. The standard InChI is InChI=1S/C16H14Cl2O/c1-10-8-15(18)11(2)7-14(10)16(19)9-12-3-5-13(17)6-4-12/h3-8H,9H2,1-2H3. The van der Waals surface area contributed by atoms with Crippen molar-refractivity contribution in [2.24, 2.45) is 0 Å². The van der Waals surface area contributed by atoms with Crippen molar-refractivity contribution < 1.29 is 4.79 Å². The highest BCUT2D eigenvalue weighted by molar-refractivity contribution is 6.31. The summed E-state index contributed by atoms with van der Waals surface area (Å²) in [6, 6.07) is 11.0. The van der Waals surface area contributed by atoms with Gasteiger partial charge in [0.2, 0.25) is 0 Å². The summed E-state index contributed by atoms with van der Waals surface area (Å²) in [4.78, 5) is 12.3. The average molecular weight is 293 g/mol. The Bertz CT molecular complexity index is 615. The highest BCUT2D eigenvalue weighted by Gasteiger charge is 2.12. The van der Waals surface area contributed by atoms with Crippen LogP contribution in [0.1, 0.15) is 27.0 Å². The van der Waals surface area contributed by atoms with Gasteiger partial charge in [0.1, 0.15) is 0 Å². The molecule has 0 heterocycles. The Morgan fingerprint density at radius 2 is 1.63 bits per heavy atom. The van der Waals surface area contributed by atoms with Crippen LogP contribution in [0.4, 0.5) is 0 Å². The van der Waals surface area contributed by atoms with Crippen LogP contribution >= 0.6 is 23.2 Å². The molecule has 0 unspecified atom stereocenters. The maximum absolute atomic E-state index is 12.3. The quantitative estimate of drug-likeness (QED) is 0.725. The molecular weight excluding hydrogens is 279 g/mol. The zero-order chi connectivity index (χ0) is 14.0. The molecule has 0 fully saturated rings. The van der Waals surface area contributed by atoms with Gasteiger partial charge in [-0.1, -0.05) is 35.3 Å². The highest BCUT2D eigenvalue weighted by Crippen LogP contribution is 2.22. The van der Waals surface area contributed by atoms with Crippen LogP contribution in [0.25, 0.3) is 0 Å². The van der Waals surface area contributed by atoms with Gasteiger partial charge in [-0.2, -0.15) is 0 Å². The summed E-state index contributed by atoms with van der Waals surface area (Å²) < 4.78 is 0. The predicted octanol–water partition coefficient (Wildman–Crippen LogP) is 5.04. The lowest BCUT2D eigenvalue weighted by molar-refractivity contribution is 0.0992. The van der Waals surface area contributed by atoms with Crippen molar-refractivity contribution in [3.8, 4) is 0 Å². The third kappa shape index (κ3) is 3.37. The maximum Gasteiger partial charge on any atom is 0.167 e. The Morgan fingerprint density at radius 1 is 1.00 bits per heavy atom. The number of carbonyl (C=O) groups is 1. The Hall–Kier alpha value is -1.31. The fourth-order valence-electron chi connectivity index (χ4n) is 1.96. The van der Waals surface area contributed by atoms with Crippen molar-refractivity contribution in [3.05, 3.63) is 68.7 Å². The summed E-state index contributed by atoms with van der Waals surface area (Å²) in [5.74, 6) is 0.0968. The molecule has 0 spiro atoms. The summed E-state index contributed by atoms with van der Waals surface area (Å²) in [6.07, 6.45) is 0.374. The Morgan fingerprint density at radius 3 is 2.26 bits per heavy atom. The molecule has 3 heteroatoms. The number of rotatable bonds is 3. The molecule has 0 saturated heterocycles. The zero-order valence-corrected chi connectivity index (χ0v) is 12.3. The summed E-state index contributed by atoms with van der Waals surface area (Å²) in [5, 5.41) is 1.37. The van der Waals surface area contributed by atoms with Crippen LogP contribution in [0.2, 0.25) is 10.0 Å². The van der Waals surface area contributed by atoms with Crippen molar-refractivity contribution in [1.29, 1.82) is 0 Å². The predicted molar refractivity (Wildman–Crippen MR) is 80.4 cm³/mol. The van der Waals surface area contributed by atoms with Crippen LogP contribution in [0.5, 0.6) is 0 Å². The largest absolute Gasteiger partial charge is 0.294 e. The van der Waals surface area contributed by atoms with Crippen LogP contribution in [0.15, 0.2) is 36.4 Å².